The van der Waals surface area contributed by atoms with Crippen LogP contribution in [-0.2, 0) is 9.59 Å². The first-order valence-electron chi connectivity index (χ1n) is 8.32. The molecule has 0 aliphatic heterocycles. The summed E-state index contributed by atoms with van der Waals surface area (Å²) in [6, 6.07) is 0. The molecular formula is C17H29NO3. The lowest BCUT2D eigenvalue weighted by Crippen LogP contribution is -2.59. The van der Waals surface area contributed by atoms with Gasteiger partial charge in [0.2, 0.25) is 5.91 Å². The number of amides is 1. The summed E-state index contributed by atoms with van der Waals surface area (Å²) in [7, 11) is 0. The van der Waals surface area contributed by atoms with Crippen LogP contribution in [0.15, 0.2) is 0 Å². The number of carboxylic acid groups (broad SMARTS) is 1. The number of carboxylic acids is 1. The van der Waals surface area contributed by atoms with E-state index < -0.39 is 11.5 Å². The molecule has 0 heterocycles. The van der Waals surface area contributed by atoms with E-state index >= 15 is 0 Å². The third-order valence-electron chi connectivity index (χ3n) is 5.59. The standard InChI is InChI=1S/C17H29NO3/c1-12-7-6-10-17(11-12,15(20)21)18-14(19)13-8-4-5-9-16(13,2)3/h12-13H,4-11H2,1-3H3,(H,18,19)(H,20,21). The highest BCUT2D eigenvalue weighted by molar-refractivity contribution is 5.88. The van der Waals surface area contributed by atoms with Crippen molar-refractivity contribution in [3.8, 4) is 0 Å². The van der Waals surface area contributed by atoms with Crippen LogP contribution in [0.2, 0.25) is 0 Å². The molecule has 0 aromatic heterocycles. The normalized spacial score (nSPS) is 36.0. The van der Waals surface area contributed by atoms with Crippen molar-refractivity contribution < 1.29 is 14.7 Å². The van der Waals surface area contributed by atoms with Gasteiger partial charge in [-0.1, -0.05) is 46.5 Å². The highest BCUT2D eigenvalue weighted by Crippen LogP contribution is 2.41. The van der Waals surface area contributed by atoms with E-state index in [0.29, 0.717) is 18.8 Å². The van der Waals surface area contributed by atoms with Gasteiger partial charge in [-0.3, -0.25) is 4.79 Å². The monoisotopic (exact) mass is 295 g/mol. The summed E-state index contributed by atoms with van der Waals surface area (Å²) in [5.74, 6) is -0.610. The highest BCUT2D eigenvalue weighted by Gasteiger charge is 2.46. The molecule has 1 amide bonds. The Kier molecular flexibility index (Phi) is 4.64. The maximum atomic E-state index is 12.7. The molecule has 21 heavy (non-hydrogen) atoms. The van der Waals surface area contributed by atoms with Crippen LogP contribution < -0.4 is 5.32 Å². The maximum absolute atomic E-state index is 12.7. The van der Waals surface area contributed by atoms with Crippen LogP contribution >= 0.6 is 0 Å². The van der Waals surface area contributed by atoms with Crippen LogP contribution in [0.3, 0.4) is 0 Å². The Bertz CT molecular complexity index is 418. The first-order chi connectivity index (χ1) is 9.77. The lowest BCUT2D eigenvalue weighted by Gasteiger charge is -2.42. The van der Waals surface area contributed by atoms with E-state index in [1.807, 2.05) is 0 Å². The fourth-order valence-electron chi connectivity index (χ4n) is 4.22. The van der Waals surface area contributed by atoms with E-state index in [1.54, 1.807) is 0 Å². The summed E-state index contributed by atoms with van der Waals surface area (Å²) in [5.41, 5.74) is -1.06. The summed E-state index contributed by atoms with van der Waals surface area (Å²) in [4.78, 5) is 24.5. The molecule has 3 unspecified atom stereocenters. The Morgan fingerprint density at radius 3 is 2.38 bits per heavy atom. The Hall–Kier alpha value is -1.06. The third kappa shape index (κ3) is 3.41. The van der Waals surface area contributed by atoms with Crippen molar-refractivity contribution in [3.63, 3.8) is 0 Å². The zero-order chi connectivity index (χ0) is 15.7. The minimum Gasteiger partial charge on any atom is -0.480 e. The smallest absolute Gasteiger partial charge is 0.329 e. The van der Waals surface area contributed by atoms with Gasteiger partial charge < -0.3 is 10.4 Å². The van der Waals surface area contributed by atoms with Crippen molar-refractivity contribution >= 4 is 11.9 Å². The van der Waals surface area contributed by atoms with Crippen LogP contribution in [0.25, 0.3) is 0 Å². The molecule has 2 fully saturated rings. The molecule has 0 aromatic carbocycles. The molecule has 3 atom stereocenters. The lowest BCUT2D eigenvalue weighted by molar-refractivity contribution is -0.152. The quantitative estimate of drug-likeness (QED) is 0.839. The fraction of sp³-hybridized carbons (Fsp3) is 0.882. The number of carbonyl (C=O) groups excluding carboxylic acids is 1. The molecule has 4 nitrogen and oxygen atoms in total. The molecule has 2 N–H and O–H groups in total. The summed E-state index contributed by atoms with van der Waals surface area (Å²) in [6.07, 6.45) is 7.20. The minimum atomic E-state index is -1.04. The van der Waals surface area contributed by atoms with Gasteiger partial charge in [-0.25, -0.2) is 4.79 Å². The molecule has 0 saturated heterocycles. The topological polar surface area (TPSA) is 66.4 Å². The van der Waals surface area contributed by atoms with Crippen molar-refractivity contribution in [2.75, 3.05) is 0 Å². The summed E-state index contributed by atoms with van der Waals surface area (Å²) >= 11 is 0. The summed E-state index contributed by atoms with van der Waals surface area (Å²) < 4.78 is 0. The Balaban J connectivity index is 2.13. The van der Waals surface area contributed by atoms with Gasteiger partial charge in [0.1, 0.15) is 5.54 Å². The van der Waals surface area contributed by atoms with E-state index in [0.717, 1.165) is 38.5 Å². The van der Waals surface area contributed by atoms with Crippen molar-refractivity contribution in [1.82, 2.24) is 5.32 Å². The molecule has 0 radical (unpaired) electrons. The second-order valence-electron chi connectivity index (χ2n) is 7.86. The van der Waals surface area contributed by atoms with Crippen LogP contribution in [0.4, 0.5) is 0 Å². The van der Waals surface area contributed by atoms with Crippen LogP contribution in [0, 0.1) is 17.3 Å². The van der Waals surface area contributed by atoms with E-state index in [1.165, 1.54) is 0 Å². The zero-order valence-corrected chi connectivity index (χ0v) is 13.6. The van der Waals surface area contributed by atoms with Crippen LogP contribution in [-0.4, -0.2) is 22.5 Å². The predicted molar refractivity (Wildman–Crippen MR) is 81.9 cm³/mol. The zero-order valence-electron chi connectivity index (χ0n) is 13.6. The first-order valence-corrected chi connectivity index (χ1v) is 8.32. The molecule has 2 aliphatic rings. The summed E-state index contributed by atoms with van der Waals surface area (Å²) in [6.45, 7) is 6.34. The largest absolute Gasteiger partial charge is 0.480 e. The first kappa shape index (κ1) is 16.3. The minimum absolute atomic E-state index is 0.0255. The lowest BCUT2D eigenvalue weighted by atomic mass is 9.68. The van der Waals surface area contributed by atoms with Crippen molar-refractivity contribution in [2.24, 2.45) is 17.3 Å². The molecule has 120 valence electrons. The predicted octanol–water partition coefficient (Wildman–Crippen LogP) is 3.35. The van der Waals surface area contributed by atoms with E-state index in [4.69, 9.17) is 0 Å². The molecule has 0 spiro atoms. The van der Waals surface area contributed by atoms with E-state index in [9.17, 15) is 14.7 Å². The molecule has 0 bridgehead atoms. The van der Waals surface area contributed by atoms with Gasteiger partial charge in [-0.15, -0.1) is 0 Å². The third-order valence-corrected chi connectivity index (χ3v) is 5.59. The van der Waals surface area contributed by atoms with Gasteiger partial charge in [0, 0.05) is 5.92 Å². The molecule has 0 aromatic rings. The van der Waals surface area contributed by atoms with Gasteiger partial charge in [0.05, 0.1) is 0 Å². The number of hydrogen-bond acceptors (Lipinski definition) is 2. The molecular weight excluding hydrogens is 266 g/mol. The number of carbonyl (C=O) groups is 2. The average molecular weight is 295 g/mol. The second-order valence-corrected chi connectivity index (χ2v) is 7.86. The Morgan fingerprint density at radius 2 is 1.81 bits per heavy atom. The van der Waals surface area contributed by atoms with Crippen molar-refractivity contribution in [3.05, 3.63) is 0 Å². The van der Waals surface area contributed by atoms with Gasteiger partial charge in [-0.2, -0.15) is 0 Å². The highest BCUT2D eigenvalue weighted by atomic mass is 16.4. The van der Waals surface area contributed by atoms with Crippen molar-refractivity contribution in [2.45, 2.75) is 77.7 Å². The van der Waals surface area contributed by atoms with Crippen molar-refractivity contribution in [1.29, 1.82) is 0 Å². The summed E-state index contributed by atoms with van der Waals surface area (Å²) in [5, 5.41) is 12.6. The van der Waals surface area contributed by atoms with Gasteiger partial charge in [0.25, 0.3) is 0 Å². The number of hydrogen-bond donors (Lipinski definition) is 2. The number of rotatable bonds is 3. The van der Waals surface area contributed by atoms with Gasteiger partial charge in [-0.05, 0) is 37.0 Å². The molecule has 4 heteroatoms. The Morgan fingerprint density at radius 1 is 1.10 bits per heavy atom. The number of aliphatic carboxylic acids is 1. The van der Waals surface area contributed by atoms with Crippen LogP contribution in [0.5, 0.6) is 0 Å². The Labute approximate surface area is 127 Å². The molecule has 2 saturated carbocycles. The fourth-order valence-corrected chi connectivity index (χ4v) is 4.22. The second kappa shape index (κ2) is 5.98. The molecule has 2 rings (SSSR count). The van der Waals surface area contributed by atoms with E-state index in [2.05, 4.69) is 26.1 Å². The maximum Gasteiger partial charge on any atom is 0.329 e. The average Bonchev–Trinajstić information content (AvgIpc) is 2.37. The number of nitrogens with one attached hydrogen (secondary N) is 1. The molecule has 2 aliphatic carbocycles. The van der Waals surface area contributed by atoms with Gasteiger partial charge >= 0.3 is 5.97 Å². The van der Waals surface area contributed by atoms with E-state index in [-0.39, 0.29) is 17.2 Å². The van der Waals surface area contributed by atoms with Gasteiger partial charge in [0.15, 0.2) is 0 Å². The van der Waals surface area contributed by atoms with Crippen LogP contribution in [0.1, 0.15) is 72.1 Å². The SMILES string of the molecule is CC1CCCC(NC(=O)C2CCCCC2(C)C)(C(=O)O)C1.